The third-order valence-corrected chi connectivity index (χ3v) is 6.79. The highest BCUT2D eigenvalue weighted by atomic mass is 16.4. The van der Waals surface area contributed by atoms with E-state index in [1.165, 1.54) is 0 Å². The van der Waals surface area contributed by atoms with Crippen molar-refractivity contribution in [3.8, 4) is 0 Å². The third kappa shape index (κ3) is 19.7. The zero-order valence-electron chi connectivity index (χ0n) is 25.8. The van der Waals surface area contributed by atoms with Crippen LogP contribution in [0.2, 0.25) is 0 Å². The van der Waals surface area contributed by atoms with Crippen LogP contribution in [0.3, 0.4) is 0 Å². The van der Waals surface area contributed by atoms with Gasteiger partial charge in [0.05, 0.1) is 24.4 Å². The normalized spacial score (nSPS) is 19.1. The summed E-state index contributed by atoms with van der Waals surface area (Å²) >= 11 is 0. The van der Waals surface area contributed by atoms with Gasteiger partial charge in [0.25, 0.3) is 0 Å². The first-order valence-electron chi connectivity index (χ1n) is 14.6. The maximum absolute atomic E-state index is 10.7. The highest BCUT2D eigenvalue weighted by Crippen LogP contribution is 2.19. The Hall–Kier alpha value is -3.29. The molecule has 0 saturated carbocycles. The third-order valence-electron chi connectivity index (χ3n) is 6.79. The van der Waals surface area contributed by atoms with Gasteiger partial charge in [-0.25, -0.2) is 4.79 Å². The van der Waals surface area contributed by atoms with Crippen molar-refractivity contribution in [2.75, 3.05) is 0 Å². The monoisotopic (exact) mass is 580 g/mol. The topological polar surface area (TPSA) is 118 Å². The van der Waals surface area contributed by atoms with Gasteiger partial charge in [0.15, 0.2) is 0 Å². The summed E-state index contributed by atoms with van der Waals surface area (Å²) < 4.78 is 0. The number of carboxylic acid groups (broad SMARTS) is 1. The zero-order valence-corrected chi connectivity index (χ0v) is 25.8. The molecule has 42 heavy (non-hydrogen) atoms. The van der Waals surface area contributed by atoms with Crippen molar-refractivity contribution < 1.29 is 30.3 Å². The van der Waals surface area contributed by atoms with Gasteiger partial charge in [-0.3, -0.25) is 0 Å². The van der Waals surface area contributed by atoms with Gasteiger partial charge in [-0.1, -0.05) is 136 Å². The molecule has 0 aliphatic heterocycles. The molecule has 7 unspecified atom stereocenters. The first kappa shape index (κ1) is 38.7. The van der Waals surface area contributed by atoms with E-state index in [4.69, 9.17) is 5.11 Å². The molecule has 6 heteroatoms. The van der Waals surface area contributed by atoms with E-state index in [1.807, 2.05) is 106 Å². The van der Waals surface area contributed by atoms with Crippen LogP contribution in [0.4, 0.5) is 0 Å². The largest absolute Gasteiger partial charge is 0.478 e. The van der Waals surface area contributed by atoms with E-state index in [-0.39, 0.29) is 23.3 Å². The molecule has 0 aromatic rings. The van der Waals surface area contributed by atoms with Crippen molar-refractivity contribution in [2.45, 2.75) is 78.3 Å². The molecule has 0 bridgehead atoms. The number of aliphatic hydroxyl groups is 4. The Morgan fingerprint density at radius 1 is 0.619 bits per heavy atom. The Labute approximate surface area is 253 Å². The number of allylic oxidation sites excluding steroid dienone is 16. The molecule has 0 aromatic carbocycles. The SMILES string of the molecule is CC(=CC=CC=CCCC=CC(C)C(O)C(C)C(O)C=CC=CC=CC=CC=CC=CCC(O)C(C)C(C)O)C(=O)O. The number of hydrogen-bond acceptors (Lipinski definition) is 5. The minimum absolute atomic E-state index is 0.101. The van der Waals surface area contributed by atoms with Crippen LogP contribution in [0.25, 0.3) is 0 Å². The van der Waals surface area contributed by atoms with E-state index in [2.05, 4.69) is 0 Å². The van der Waals surface area contributed by atoms with Crippen LogP contribution in [0, 0.1) is 17.8 Å². The molecule has 0 rings (SSSR count). The molecule has 0 spiro atoms. The highest BCUT2D eigenvalue weighted by Gasteiger charge is 2.24. The molecule has 0 radical (unpaired) electrons. The Bertz CT molecular complexity index is 1040. The summed E-state index contributed by atoms with van der Waals surface area (Å²) in [6.07, 6.45) is 34.6. The second kappa shape index (κ2) is 24.3. The molecular weight excluding hydrogens is 528 g/mol. The Kier molecular flexibility index (Phi) is 22.4. The molecule has 0 fully saturated rings. The Morgan fingerprint density at radius 2 is 1.12 bits per heavy atom. The van der Waals surface area contributed by atoms with Gasteiger partial charge in [-0.2, -0.15) is 0 Å². The summed E-state index contributed by atoms with van der Waals surface area (Å²) in [6.45, 7) is 8.81. The molecule has 7 atom stereocenters. The fraction of sp³-hybridized carbons (Fsp3) is 0.417. The van der Waals surface area contributed by atoms with E-state index in [1.54, 1.807) is 44.2 Å². The molecule has 232 valence electrons. The molecular formula is C36H52O6. The van der Waals surface area contributed by atoms with Crippen molar-refractivity contribution in [3.05, 3.63) is 121 Å². The van der Waals surface area contributed by atoms with Crippen molar-refractivity contribution in [3.63, 3.8) is 0 Å². The van der Waals surface area contributed by atoms with Crippen LogP contribution in [-0.4, -0.2) is 55.9 Å². The zero-order chi connectivity index (χ0) is 31.8. The molecule has 0 amide bonds. The minimum atomic E-state index is -0.929. The second-order valence-corrected chi connectivity index (χ2v) is 10.4. The molecule has 0 heterocycles. The summed E-state index contributed by atoms with van der Waals surface area (Å²) in [7, 11) is 0. The van der Waals surface area contributed by atoms with Gasteiger partial charge in [-0.05, 0) is 33.1 Å². The average molecular weight is 581 g/mol. The van der Waals surface area contributed by atoms with Gasteiger partial charge in [-0.15, -0.1) is 0 Å². The Morgan fingerprint density at radius 3 is 1.69 bits per heavy atom. The number of carbonyl (C=O) groups is 1. The van der Waals surface area contributed by atoms with Crippen LogP contribution in [0.1, 0.15) is 53.9 Å². The van der Waals surface area contributed by atoms with Gasteiger partial charge >= 0.3 is 5.97 Å². The molecule has 5 N–H and O–H groups in total. The van der Waals surface area contributed by atoms with Crippen molar-refractivity contribution in [1.29, 1.82) is 0 Å². The van der Waals surface area contributed by atoms with E-state index < -0.39 is 30.4 Å². The fourth-order valence-electron chi connectivity index (χ4n) is 3.51. The summed E-state index contributed by atoms with van der Waals surface area (Å²) in [6, 6.07) is 0. The lowest BCUT2D eigenvalue weighted by Crippen LogP contribution is -2.32. The molecule has 0 saturated heterocycles. The number of aliphatic carboxylic acids is 1. The van der Waals surface area contributed by atoms with Crippen LogP contribution in [0.5, 0.6) is 0 Å². The summed E-state index contributed by atoms with van der Waals surface area (Å²) in [4.78, 5) is 10.7. The van der Waals surface area contributed by atoms with E-state index in [9.17, 15) is 25.2 Å². The van der Waals surface area contributed by atoms with Crippen molar-refractivity contribution in [2.24, 2.45) is 17.8 Å². The van der Waals surface area contributed by atoms with Crippen LogP contribution in [0.15, 0.2) is 121 Å². The maximum atomic E-state index is 10.7. The van der Waals surface area contributed by atoms with E-state index in [0.29, 0.717) is 6.42 Å². The lowest BCUT2D eigenvalue weighted by atomic mass is 9.88. The fourth-order valence-corrected chi connectivity index (χ4v) is 3.51. The Balaban J connectivity index is 4.37. The predicted octanol–water partition coefficient (Wildman–Crippen LogP) is 6.57. The van der Waals surface area contributed by atoms with Gasteiger partial charge in [0.2, 0.25) is 0 Å². The van der Waals surface area contributed by atoms with Crippen molar-refractivity contribution in [1.82, 2.24) is 0 Å². The first-order valence-corrected chi connectivity index (χ1v) is 14.6. The van der Waals surface area contributed by atoms with E-state index >= 15 is 0 Å². The molecule has 0 aromatic heterocycles. The highest BCUT2D eigenvalue weighted by molar-refractivity contribution is 5.86. The van der Waals surface area contributed by atoms with Crippen LogP contribution in [-0.2, 0) is 4.79 Å². The lowest BCUT2D eigenvalue weighted by Gasteiger charge is -2.25. The second-order valence-electron chi connectivity index (χ2n) is 10.4. The average Bonchev–Trinajstić information content (AvgIpc) is 2.96. The number of hydrogen-bond donors (Lipinski definition) is 5. The lowest BCUT2D eigenvalue weighted by molar-refractivity contribution is -0.132. The van der Waals surface area contributed by atoms with Crippen molar-refractivity contribution >= 4 is 5.97 Å². The summed E-state index contributed by atoms with van der Waals surface area (Å²) in [5.41, 5.74) is 0.284. The molecule has 0 aliphatic rings. The number of unbranched alkanes of at least 4 members (excludes halogenated alkanes) is 1. The van der Waals surface area contributed by atoms with Gasteiger partial charge in [0.1, 0.15) is 0 Å². The van der Waals surface area contributed by atoms with Crippen LogP contribution >= 0.6 is 0 Å². The molecule has 6 nitrogen and oxygen atoms in total. The summed E-state index contributed by atoms with van der Waals surface area (Å²) in [5.74, 6) is -1.52. The molecule has 0 aliphatic carbocycles. The van der Waals surface area contributed by atoms with Gasteiger partial charge in [0, 0.05) is 23.3 Å². The predicted molar refractivity (Wildman–Crippen MR) is 175 cm³/mol. The van der Waals surface area contributed by atoms with Crippen LogP contribution < -0.4 is 0 Å². The maximum Gasteiger partial charge on any atom is 0.331 e. The number of rotatable bonds is 20. The number of aliphatic hydroxyl groups excluding tert-OH is 4. The smallest absolute Gasteiger partial charge is 0.331 e. The first-order chi connectivity index (χ1) is 20.0. The van der Waals surface area contributed by atoms with E-state index in [0.717, 1.165) is 12.8 Å². The quantitative estimate of drug-likeness (QED) is 0.0481. The summed E-state index contributed by atoms with van der Waals surface area (Å²) in [5, 5.41) is 49.2. The number of carboxylic acids is 1. The standard InChI is InChI=1S/C36H52O6/c1-28(24-20-16-12-11-13-17-21-25-29(2)36(41)42)35(40)31(4)34(39)27-23-19-15-10-8-6-7-9-14-18-22-26-33(38)30(3)32(5)37/h6-11,13-15,17-25,27-28,30-35,37-40H,12,16,26H2,1-5H3,(H,41,42). The van der Waals surface area contributed by atoms with Gasteiger partial charge < -0.3 is 25.5 Å². The minimum Gasteiger partial charge on any atom is -0.478 e.